The Morgan fingerprint density at radius 3 is 1.46 bits per heavy atom. The van der Waals surface area contributed by atoms with E-state index >= 15 is 0 Å². The van der Waals surface area contributed by atoms with Crippen LogP contribution >= 0.6 is 11.6 Å². The third kappa shape index (κ3) is 1.90. The fourth-order valence-corrected chi connectivity index (χ4v) is 0.565. The van der Waals surface area contributed by atoms with Crippen LogP contribution in [0.15, 0.2) is 0 Å². The maximum absolute atomic E-state index is 12.1. The topological polar surface area (TPSA) is 17.1 Å². The Kier molecular flexibility index (Phi) is 2.93. The summed E-state index contributed by atoms with van der Waals surface area (Å²) in [4.78, 5) is 9.81. The zero-order valence-corrected chi connectivity index (χ0v) is 6.81. The SMILES string of the molecule is CC(C(=O)F)(C(F)(F)F)C(F)(F)Cl. The minimum absolute atomic E-state index is 0.303. The van der Waals surface area contributed by atoms with Gasteiger partial charge in [0.1, 0.15) is 0 Å². The Balaban J connectivity index is 5.35. The van der Waals surface area contributed by atoms with Crippen LogP contribution in [-0.4, -0.2) is 17.6 Å². The third-order valence-corrected chi connectivity index (χ3v) is 1.90. The molecule has 0 amide bonds. The van der Waals surface area contributed by atoms with Crippen LogP contribution in [0.3, 0.4) is 0 Å². The lowest BCUT2D eigenvalue weighted by Crippen LogP contribution is -2.51. The van der Waals surface area contributed by atoms with E-state index in [-0.39, 0.29) is 6.92 Å². The Bertz CT molecular complexity index is 202. The van der Waals surface area contributed by atoms with Gasteiger partial charge in [0, 0.05) is 0 Å². The largest absolute Gasteiger partial charge is 0.411 e. The van der Waals surface area contributed by atoms with E-state index in [1.807, 2.05) is 0 Å². The van der Waals surface area contributed by atoms with E-state index in [0.717, 1.165) is 0 Å². The molecule has 0 aromatic rings. The lowest BCUT2D eigenvalue weighted by molar-refractivity contribution is -0.262. The summed E-state index contributed by atoms with van der Waals surface area (Å²) < 4.78 is 71.5. The smallest absolute Gasteiger partial charge is 0.260 e. The number of carbonyl (C=O) groups is 1. The molecule has 8 heteroatoms. The van der Waals surface area contributed by atoms with Crippen LogP contribution in [-0.2, 0) is 4.79 Å². The molecule has 0 aliphatic heterocycles. The number of halogens is 7. The van der Waals surface area contributed by atoms with Gasteiger partial charge >= 0.3 is 17.6 Å². The maximum Gasteiger partial charge on any atom is 0.411 e. The van der Waals surface area contributed by atoms with Crippen LogP contribution in [0.4, 0.5) is 26.3 Å². The second kappa shape index (κ2) is 3.04. The molecule has 0 aliphatic carbocycles. The average Bonchev–Trinajstić information content (AvgIpc) is 1.80. The molecule has 0 saturated carbocycles. The summed E-state index contributed by atoms with van der Waals surface area (Å²) in [6, 6.07) is -3.22. The van der Waals surface area contributed by atoms with E-state index < -0.39 is 23.0 Å². The predicted octanol–water partition coefficient (Wildman–Crippen LogP) is 2.88. The number of carbonyl (C=O) groups excluding carboxylic acids is 1. The van der Waals surface area contributed by atoms with Crippen molar-refractivity contribution in [3.05, 3.63) is 0 Å². The summed E-state index contributed by atoms with van der Waals surface area (Å²) in [5.41, 5.74) is -4.50. The highest BCUT2D eigenvalue weighted by Gasteiger charge is 2.71. The first-order valence-corrected chi connectivity index (χ1v) is 3.15. The van der Waals surface area contributed by atoms with Crippen molar-refractivity contribution < 1.29 is 31.1 Å². The highest BCUT2D eigenvalue weighted by atomic mass is 35.5. The Morgan fingerprint density at radius 1 is 1.15 bits per heavy atom. The van der Waals surface area contributed by atoms with Crippen LogP contribution in [0, 0.1) is 5.41 Å². The molecule has 0 aromatic carbocycles. The van der Waals surface area contributed by atoms with Gasteiger partial charge < -0.3 is 0 Å². The lowest BCUT2D eigenvalue weighted by atomic mass is 9.91. The molecule has 0 aliphatic rings. The van der Waals surface area contributed by atoms with Gasteiger partial charge in [-0.05, 0) is 18.5 Å². The molecule has 0 saturated heterocycles. The summed E-state index contributed by atoms with van der Waals surface area (Å²) in [6.45, 7) is -0.303. The van der Waals surface area contributed by atoms with Crippen molar-refractivity contribution in [3.8, 4) is 0 Å². The molecule has 1 nitrogen and oxygen atoms in total. The molecule has 0 aromatic heterocycles. The molecule has 1 unspecified atom stereocenters. The quantitative estimate of drug-likeness (QED) is 0.403. The molecule has 78 valence electrons. The molecule has 0 rings (SSSR count). The standard InChI is InChI=1S/C5H3ClF6O/c1-3(2(7)13,4(6,8)9)5(10,11)12/h1H3. The molecule has 0 radical (unpaired) electrons. The van der Waals surface area contributed by atoms with Gasteiger partial charge in [0.15, 0.2) is 0 Å². The van der Waals surface area contributed by atoms with E-state index in [9.17, 15) is 31.1 Å². The summed E-state index contributed by atoms with van der Waals surface area (Å²) in [5.74, 6) is 0. The van der Waals surface area contributed by atoms with Gasteiger partial charge in [0.25, 0.3) is 0 Å². The minimum atomic E-state index is -5.75. The van der Waals surface area contributed by atoms with E-state index in [1.54, 1.807) is 0 Å². The number of alkyl halides is 6. The van der Waals surface area contributed by atoms with Crippen molar-refractivity contribution in [2.24, 2.45) is 5.41 Å². The van der Waals surface area contributed by atoms with Crippen molar-refractivity contribution in [2.75, 3.05) is 0 Å². The normalized spacial score (nSPS) is 18.2. The Hall–Kier alpha value is -0.460. The van der Waals surface area contributed by atoms with Gasteiger partial charge in [-0.15, -0.1) is 0 Å². The summed E-state index contributed by atoms with van der Waals surface area (Å²) in [7, 11) is 0. The lowest BCUT2D eigenvalue weighted by Gasteiger charge is -2.30. The molecule has 13 heavy (non-hydrogen) atoms. The monoisotopic (exact) mass is 228 g/mol. The molecule has 1 atom stereocenters. The molecular formula is C5H3ClF6O. The molecule has 0 fully saturated rings. The summed E-state index contributed by atoms with van der Waals surface area (Å²) >= 11 is 4.01. The fourth-order valence-electron chi connectivity index (χ4n) is 0.384. The molecule has 0 heterocycles. The van der Waals surface area contributed by atoms with Gasteiger partial charge in [-0.1, -0.05) is 0 Å². The minimum Gasteiger partial charge on any atom is -0.260 e. The Morgan fingerprint density at radius 2 is 1.46 bits per heavy atom. The van der Waals surface area contributed by atoms with Gasteiger partial charge in [0.05, 0.1) is 0 Å². The molecule has 0 bridgehead atoms. The number of hydrogen-bond donors (Lipinski definition) is 0. The summed E-state index contributed by atoms with van der Waals surface area (Å²) in [6.07, 6.45) is -5.75. The van der Waals surface area contributed by atoms with Crippen LogP contribution in [0.1, 0.15) is 6.92 Å². The third-order valence-electron chi connectivity index (χ3n) is 1.53. The van der Waals surface area contributed by atoms with Crippen molar-refractivity contribution in [1.29, 1.82) is 0 Å². The molecular weight excluding hydrogens is 225 g/mol. The first-order chi connectivity index (χ1) is 5.44. The average molecular weight is 229 g/mol. The van der Waals surface area contributed by atoms with Gasteiger partial charge in [-0.3, -0.25) is 4.79 Å². The van der Waals surface area contributed by atoms with Crippen LogP contribution in [0.5, 0.6) is 0 Å². The first kappa shape index (κ1) is 12.5. The Labute approximate surface area is 73.7 Å². The number of hydrogen-bond acceptors (Lipinski definition) is 1. The van der Waals surface area contributed by atoms with E-state index in [2.05, 4.69) is 11.6 Å². The van der Waals surface area contributed by atoms with Crippen molar-refractivity contribution >= 4 is 17.6 Å². The van der Waals surface area contributed by atoms with Crippen LogP contribution < -0.4 is 0 Å². The van der Waals surface area contributed by atoms with Crippen LogP contribution in [0.25, 0.3) is 0 Å². The van der Waals surface area contributed by atoms with E-state index in [1.165, 1.54) is 0 Å². The van der Waals surface area contributed by atoms with E-state index in [0.29, 0.717) is 0 Å². The predicted molar refractivity (Wildman–Crippen MR) is 31.1 cm³/mol. The van der Waals surface area contributed by atoms with Crippen LogP contribution in [0.2, 0.25) is 0 Å². The van der Waals surface area contributed by atoms with E-state index in [4.69, 9.17) is 0 Å². The van der Waals surface area contributed by atoms with Crippen molar-refractivity contribution in [1.82, 2.24) is 0 Å². The highest BCUT2D eigenvalue weighted by Crippen LogP contribution is 2.52. The highest BCUT2D eigenvalue weighted by molar-refractivity contribution is 6.23. The second-order valence-electron chi connectivity index (χ2n) is 2.39. The maximum atomic E-state index is 12.1. The zero-order valence-electron chi connectivity index (χ0n) is 6.05. The summed E-state index contributed by atoms with van der Waals surface area (Å²) in [5, 5.41) is -5.02. The van der Waals surface area contributed by atoms with Crippen molar-refractivity contribution in [3.63, 3.8) is 0 Å². The molecule has 0 N–H and O–H groups in total. The first-order valence-electron chi connectivity index (χ1n) is 2.78. The van der Waals surface area contributed by atoms with Crippen molar-refractivity contribution in [2.45, 2.75) is 18.5 Å². The second-order valence-corrected chi connectivity index (χ2v) is 2.87. The van der Waals surface area contributed by atoms with Gasteiger partial charge in [-0.2, -0.15) is 26.3 Å². The fraction of sp³-hybridized carbons (Fsp3) is 0.800. The van der Waals surface area contributed by atoms with Gasteiger partial charge in [-0.25, -0.2) is 0 Å². The zero-order chi connectivity index (χ0) is 11.1. The number of rotatable bonds is 2. The van der Waals surface area contributed by atoms with Gasteiger partial charge in [0.2, 0.25) is 5.41 Å². The molecule has 0 spiro atoms.